The van der Waals surface area contributed by atoms with Gasteiger partial charge in [-0.05, 0) is 24.7 Å². The van der Waals surface area contributed by atoms with Crippen LogP contribution in [-0.4, -0.2) is 64.0 Å². The highest BCUT2D eigenvalue weighted by atomic mass is 32.2. The number of carbonyl (C=O) groups is 1. The summed E-state index contributed by atoms with van der Waals surface area (Å²) in [5.74, 6) is 0.105. The zero-order valence-electron chi connectivity index (χ0n) is 12.8. The van der Waals surface area contributed by atoms with Crippen molar-refractivity contribution in [2.75, 3.05) is 39.8 Å². The molecule has 0 aliphatic carbocycles. The number of methoxy groups -OCH3 is 1. The smallest absolute Gasteiger partial charge is 0.257 e. The first kappa shape index (κ1) is 16.7. The van der Waals surface area contributed by atoms with Gasteiger partial charge in [0.2, 0.25) is 10.0 Å². The third kappa shape index (κ3) is 3.57. The van der Waals surface area contributed by atoms with E-state index in [0.29, 0.717) is 18.8 Å². The van der Waals surface area contributed by atoms with E-state index in [2.05, 4.69) is 11.8 Å². The van der Waals surface area contributed by atoms with Crippen LogP contribution in [-0.2, 0) is 10.0 Å². The Balaban J connectivity index is 2.28. The van der Waals surface area contributed by atoms with E-state index in [1.54, 1.807) is 4.90 Å². The third-order valence-corrected chi connectivity index (χ3v) is 4.75. The van der Waals surface area contributed by atoms with Crippen molar-refractivity contribution in [1.29, 1.82) is 0 Å². The molecule has 1 aliphatic heterocycles. The lowest BCUT2D eigenvalue weighted by molar-refractivity contribution is 0.0640. The Morgan fingerprint density at radius 1 is 1.27 bits per heavy atom. The van der Waals surface area contributed by atoms with Gasteiger partial charge in [0.1, 0.15) is 5.75 Å². The molecule has 2 rings (SSSR count). The van der Waals surface area contributed by atoms with E-state index < -0.39 is 10.0 Å². The molecule has 0 aromatic heterocycles. The molecule has 7 nitrogen and oxygen atoms in total. The minimum Gasteiger partial charge on any atom is -0.496 e. The second kappa shape index (κ2) is 6.64. The third-order valence-electron chi connectivity index (χ3n) is 3.84. The summed E-state index contributed by atoms with van der Waals surface area (Å²) in [6.07, 6.45) is 0. The van der Waals surface area contributed by atoms with Crippen LogP contribution in [0.5, 0.6) is 5.75 Å². The van der Waals surface area contributed by atoms with Crippen LogP contribution >= 0.6 is 0 Å². The number of likely N-dealkylation sites (N-methyl/N-ethyl adjacent to an activating group) is 1. The molecule has 0 radical (unpaired) electrons. The Morgan fingerprint density at radius 2 is 1.91 bits per heavy atom. The molecule has 1 aromatic rings. The molecule has 1 aromatic carbocycles. The molecule has 0 saturated carbocycles. The number of primary sulfonamides is 1. The van der Waals surface area contributed by atoms with Gasteiger partial charge >= 0.3 is 0 Å². The molecule has 0 atom stereocenters. The van der Waals surface area contributed by atoms with E-state index in [0.717, 1.165) is 19.6 Å². The molecular formula is C14H21N3O4S. The van der Waals surface area contributed by atoms with Gasteiger partial charge in [-0.3, -0.25) is 4.79 Å². The molecule has 1 aliphatic rings. The first-order valence-corrected chi connectivity index (χ1v) is 8.64. The quantitative estimate of drug-likeness (QED) is 0.848. The number of sulfonamides is 1. The van der Waals surface area contributed by atoms with Gasteiger partial charge in [0.05, 0.1) is 17.6 Å². The average molecular weight is 327 g/mol. The first-order chi connectivity index (χ1) is 10.4. The molecule has 0 bridgehead atoms. The van der Waals surface area contributed by atoms with E-state index in [1.165, 1.54) is 25.3 Å². The van der Waals surface area contributed by atoms with E-state index in [4.69, 9.17) is 9.88 Å². The fraction of sp³-hybridized carbons (Fsp3) is 0.500. The lowest BCUT2D eigenvalue weighted by Crippen LogP contribution is -2.48. The number of hydrogen-bond donors (Lipinski definition) is 1. The van der Waals surface area contributed by atoms with Gasteiger partial charge in [0, 0.05) is 26.2 Å². The average Bonchev–Trinajstić information content (AvgIpc) is 2.52. The molecule has 1 saturated heterocycles. The zero-order chi connectivity index (χ0) is 16.3. The van der Waals surface area contributed by atoms with Crippen LogP contribution in [0.1, 0.15) is 17.3 Å². The number of ether oxygens (including phenoxy) is 1. The standard InChI is InChI=1S/C14H21N3O4S/c1-3-16-6-8-17(9-7-16)14(18)12-10-11(22(15,19)20)4-5-13(12)21-2/h4-5,10H,3,6-9H2,1-2H3,(H2,15,19,20). The molecule has 8 heteroatoms. The van der Waals surface area contributed by atoms with Crippen LogP contribution in [0, 0.1) is 0 Å². The minimum atomic E-state index is -3.86. The zero-order valence-corrected chi connectivity index (χ0v) is 13.6. The van der Waals surface area contributed by atoms with Crippen LogP contribution in [0.2, 0.25) is 0 Å². The summed E-state index contributed by atoms with van der Waals surface area (Å²) in [5, 5.41) is 5.13. The predicted octanol–water partition coefficient (Wildman–Crippen LogP) is 0.120. The Kier molecular flexibility index (Phi) is 5.05. The number of benzene rings is 1. The Hall–Kier alpha value is -1.64. The second-order valence-electron chi connectivity index (χ2n) is 5.13. The fourth-order valence-electron chi connectivity index (χ4n) is 2.47. The maximum Gasteiger partial charge on any atom is 0.257 e. The topological polar surface area (TPSA) is 92.9 Å². The van der Waals surface area contributed by atoms with Crippen LogP contribution < -0.4 is 9.88 Å². The van der Waals surface area contributed by atoms with Gasteiger partial charge in [-0.15, -0.1) is 0 Å². The van der Waals surface area contributed by atoms with Crippen molar-refractivity contribution < 1.29 is 17.9 Å². The van der Waals surface area contributed by atoms with Crippen molar-refractivity contribution in [1.82, 2.24) is 9.80 Å². The van der Waals surface area contributed by atoms with Crippen LogP contribution in [0.3, 0.4) is 0 Å². The van der Waals surface area contributed by atoms with Gasteiger partial charge in [-0.2, -0.15) is 0 Å². The summed E-state index contributed by atoms with van der Waals surface area (Å²) in [4.78, 5) is 16.5. The maximum absolute atomic E-state index is 12.6. The second-order valence-corrected chi connectivity index (χ2v) is 6.69. The highest BCUT2D eigenvalue weighted by Crippen LogP contribution is 2.24. The first-order valence-electron chi connectivity index (χ1n) is 7.09. The summed E-state index contributed by atoms with van der Waals surface area (Å²) in [5.41, 5.74) is 0.221. The van der Waals surface area contributed by atoms with Crippen LogP contribution in [0.4, 0.5) is 0 Å². The Bertz CT molecular complexity index is 652. The molecule has 0 unspecified atom stereocenters. The number of piperazine rings is 1. The van der Waals surface area contributed by atoms with Gasteiger partial charge in [-0.25, -0.2) is 13.6 Å². The summed E-state index contributed by atoms with van der Waals surface area (Å²) in [6, 6.07) is 4.07. The van der Waals surface area contributed by atoms with Crippen molar-refractivity contribution in [3.8, 4) is 5.75 Å². The van der Waals surface area contributed by atoms with E-state index in [1.807, 2.05) is 0 Å². The van der Waals surface area contributed by atoms with Gasteiger partial charge < -0.3 is 14.5 Å². The Morgan fingerprint density at radius 3 is 2.41 bits per heavy atom. The lowest BCUT2D eigenvalue weighted by Gasteiger charge is -2.34. The number of amides is 1. The van der Waals surface area contributed by atoms with Crippen molar-refractivity contribution in [2.45, 2.75) is 11.8 Å². The van der Waals surface area contributed by atoms with Gasteiger partial charge in [0.25, 0.3) is 5.91 Å². The molecule has 0 spiro atoms. The number of nitrogens with two attached hydrogens (primary N) is 1. The van der Waals surface area contributed by atoms with Crippen molar-refractivity contribution in [2.24, 2.45) is 5.14 Å². The summed E-state index contributed by atoms with van der Waals surface area (Å²) in [7, 11) is -2.42. The van der Waals surface area contributed by atoms with E-state index in [9.17, 15) is 13.2 Å². The summed E-state index contributed by atoms with van der Waals surface area (Å²) < 4.78 is 28.1. The van der Waals surface area contributed by atoms with Crippen LogP contribution in [0.25, 0.3) is 0 Å². The molecule has 2 N–H and O–H groups in total. The predicted molar refractivity (Wildman–Crippen MR) is 82.4 cm³/mol. The highest BCUT2D eigenvalue weighted by molar-refractivity contribution is 7.89. The number of nitrogens with zero attached hydrogens (tertiary/aromatic N) is 2. The molecule has 122 valence electrons. The van der Waals surface area contributed by atoms with E-state index >= 15 is 0 Å². The van der Waals surface area contributed by atoms with E-state index in [-0.39, 0.29) is 16.4 Å². The largest absolute Gasteiger partial charge is 0.496 e. The molecule has 1 fully saturated rings. The molecule has 1 amide bonds. The monoisotopic (exact) mass is 327 g/mol. The fourth-order valence-corrected chi connectivity index (χ4v) is 3.01. The van der Waals surface area contributed by atoms with Gasteiger partial charge in [0.15, 0.2) is 0 Å². The van der Waals surface area contributed by atoms with Crippen molar-refractivity contribution in [3.63, 3.8) is 0 Å². The van der Waals surface area contributed by atoms with Crippen molar-refractivity contribution >= 4 is 15.9 Å². The number of carbonyl (C=O) groups excluding carboxylic acids is 1. The molecular weight excluding hydrogens is 306 g/mol. The Labute approximate surface area is 130 Å². The van der Waals surface area contributed by atoms with Gasteiger partial charge in [-0.1, -0.05) is 6.92 Å². The molecule has 1 heterocycles. The molecule has 22 heavy (non-hydrogen) atoms. The van der Waals surface area contributed by atoms with Crippen molar-refractivity contribution in [3.05, 3.63) is 23.8 Å². The minimum absolute atomic E-state index is 0.0937. The normalized spacial score (nSPS) is 16.6. The number of rotatable bonds is 4. The SMILES string of the molecule is CCN1CCN(C(=O)c2cc(S(N)(=O)=O)ccc2OC)CC1. The summed E-state index contributed by atoms with van der Waals surface area (Å²) in [6.45, 7) is 5.85. The summed E-state index contributed by atoms with van der Waals surface area (Å²) >= 11 is 0. The highest BCUT2D eigenvalue weighted by Gasteiger charge is 2.25. The number of hydrogen-bond acceptors (Lipinski definition) is 5. The maximum atomic E-state index is 12.6. The lowest BCUT2D eigenvalue weighted by atomic mass is 10.1. The van der Waals surface area contributed by atoms with Crippen LogP contribution in [0.15, 0.2) is 23.1 Å².